The highest BCUT2D eigenvalue weighted by molar-refractivity contribution is 6.36. The molecule has 1 saturated carbocycles. The number of ether oxygens (including phenoxy) is 1. The van der Waals surface area contributed by atoms with E-state index in [9.17, 15) is 0 Å². The van der Waals surface area contributed by atoms with Crippen molar-refractivity contribution in [2.45, 2.75) is 44.6 Å². The van der Waals surface area contributed by atoms with Gasteiger partial charge in [-0.2, -0.15) is 5.10 Å². The van der Waals surface area contributed by atoms with Gasteiger partial charge in [-0.3, -0.25) is 0 Å². The molecule has 0 saturated heterocycles. The summed E-state index contributed by atoms with van der Waals surface area (Å²) < 4.78 is 7.91. The number of fused-ring (bicyclic) bond motifs is 1. The molecule has 1 aliphatic carbocycles. The Bertz CT molecular complexity index is 1130. The molecule has 2 radical (unpaired) electrons. The Kier molecular flexibility index (Phi) is 5.27. The molecule has 2 aromatic heterocycles. The molecular formula is C25H24BN3O. The normalized spacial score (nSPS) is 14.8. The summed E-state index contributed by atoms with van der Waals surface area (Å²) >= 11 is 0. The van der Waals surface area contributed by atoms with Crippen molar-refractivity contribution in [3.05, 3.63) is 78.2 Å². The molecule has 148 valence electrons. The molecule has 4 aromatic rings. The maximum atomic E-state index is 6.10. The molecule has 1 fully saturated rings. The van der Waals surface area contributed by atoms with Crippen LogP contribution in [0.4, 0.5) is 0 Å². The molecule has 5 heteroatoms. The lowest BCUT2D eigenvalue weighted by molar-refractivity contribution is 0.306. The van der Waals surface area contributed by atoms with Crippen LogP contribution < -0.4 is 10.2 Å². The third-order valence-corrected chi connectivity index (χ3v) is 6.00. The largest absolute Gasteiger partial charge is 0.489 e. The van der Waals surface area contributed by atoms with Gasteiger partial charge >= 0.3 is 0 Å². The Labute approximate surface area is 178 Å². The predicted molar refractivity (Wildman–Crippen MR) is 120 cm³/mol. The van der Waals surface area contributed by atoms with E-state index in [0.717, 1.165) is 28.1 Å². The molecular weight excluding hydrogens is 369 g/mol. The van der Waals surface area contributed by atoms with Crippen molar-refractivity contribution in [2.75, 3.05) is 0 Å². The van der Waals surface area contributed by atoms with E-state index in [1.165, 1.54) is 37.8 Å². The molecule has 2 heterocycles. The van der Waals surface area contributed by atoms with Gasteiger partial charge in [0.15, 0.2) is 0 Å². The van der Waals surface area contributed by atoms with Gasteiger partial charge in [-0.15, -0.1) is 0 Å². The van der Waals surface area contributed by atoms with Crippen molar-refractivity contribution in [1.82, 2.24) is 14.6 Å². The van der Waals surface area contributed by atoms with E-state index in [2.05, 4.69) is 34.3 Å². The molecule has 0 bridgehead atoms. The second-order valence-electron chi connectivity index (χ2n) is 8.03. The first kappa shape index (κ1) is 18.9. The molecule has 5 rings (SSSR count). The first-order chi connectivity index (χ1) is 14.8. The van der Waals surface area contributed by atoms with E-state index in [-0.39, 0.29) is 0 Å². The van der Waals surface area contributed by atoms with Crippen molar-refractivity contribution in [1.29, 1.82) is 0 Å². The van der Waals surface area contributed by atoms with Crippen LogP contribution in [0.5, 0.6) is 5.75 Å². The zero-order chi connectivity index (χ0) is 20.3. The zero-order valence-corrected chi connectivity index (χ0v) is 17.0. The second-order valence-corrected chi connectivity index (χ2v) is 8.03. The lowest BCUT2D eigenvalue weighted by Crippen LogP contribution is -2.14. The third kappa shape index (κ3) is 3.72. The Morgan fingerprint density at radius 2 is 1.70 bits per heavy atom. The Morgan fingerprint density at radius 3 is 2.47 bits per heavy atom. The lowest BCUT2D eigenvalue weighted by atomic mass is 9.84. The topological polar surface area (TPSA) is 39.4 Å². The van der Waals surface area contributed by atoms with E-state index in [4.69, 9.17) is 12.6 Å². The molecule has 0 atom stereocenters. The number of benzene rings is 2. The molecule has 4 nitrogen and oxygen atoms in total. The number of nitrogens with zero attached hydrogens (tertiary/aromatic N) is 3. The summed E-state index contributed by atoms with van der Waals surface area (Å²) in [5, 5.41) is 4.56. The van der Waals surface area contributed by atoms with Crippen molar-refractivity contribution in [3.63, 3.8) is 0 Å². The first-order valence-corrected chi connectivity index (χ1v) is 10.7. The van der Waals surface area contributed by atoms with Crippen molar-refractivity contribution in [3.8, 4) is 16.9 Å². The Hall–Kier alpha value is -3.08. The molecule has 0 unspecified atom stereocenters. The molecule has 1 aliphatic rings. The molecule has 0 amide bonds. The van der Waals surface area contributed by atoms with Gasteiger partial charge in [0.2, 0.25) is 0 Å². The standard InChI is InChI=1S/C25H24BN3O/c26-23-16-28-29-24(20-9-5-2-6-10-20)22(15-27-25(23)29)19-11-13-21(14-12-19)30-17-18-7-3-1-4-8-18/h1,3-4,7-8,11-16,20H,2,5-6,9-10,17H2. The molecule has 0 spiro atoms. The highest BCUT2D eigenvalue weighted by atomic mass is 16.5. The average Bonchev–Trinajstić information content (AvgIpc) is 3.19. The number of aromatic nitrogens is 3. The van der Waals surface area contributed by atoms with Gasteiger partial charge in [0, 0.05) is 23.9 Å². The SMILES string of the molecule is [B]c1cnn2c(C3CCCCC3)c(-c3ccc(OCc4ccccc4)cc3)cnc12. The molecule has 30 heavy (non-hydrogen) atoms. The van der Waals surface area contributed by atoms with Crippen molar-refractivity contribution in [2.24, 2.45) is 0 Å². The summed E-state index contributed by atoms with van der Waals surface area (Å²) in [7, 11) is 6.10. The van der Waals surface area contributed by atoms with E-state index >= 15 is 0 Å². The zero-order valence-electron chi connectivity index (χ0n) is 17.0. The Morgan fingerprint density at radius 1 is 0.933 bits per heavy atom. The van der Waals surface area contributed by atoms with Gasteiger partial charge in [0.1, 0.15) is 25.8 Å². The minimum Gasteiger partial charge on any atom is -0.489 e. The first-order valence-electron chi connectivity index (χ1n) is 10.7. The van der Waals surface area contributed by atoms with Crippen LogP contribution in [-0.4, -0.2) is 22.4 Å². The van der Waals surface area contributed by atoms with Crippen LogP contribution in [0.25, 0.3) is 16.8 Å². The highest BCUT2D eigenvalue weighted by Crippen LogP contribution is 2.38. The summed E-state index contributed by atoms with van der Waals surface area (Å²) in [4.78, 5) is 4.62. The van der Waals surface area contributed by atoms with Gasteiger partial charge < -0.3 is 4.74 Å². The predicted octanol–water partition coefficient (Wildman–Crippen LogP) is 4.82. The summed E-state index contributed by atoms with van der Waals surface area (Å²) in [6, 6.07) is 18.5. The van der Waals surface area contributed by atoms with Crippen LogP contribution in [0.15, 0.2) is 67.0 Å². The van der Waals surface area contributed by atoms with Gasteiger partial charge in [-0.25, -0.2) is 9.50 Å². The fraction of sp³-hybridized carbons (Fsp3) is 0.280. The van der Waals surface area contributed by atoms with Crippen molar-refractivity contribution >= 4 is 19.0 Å². The van der Waals surface area contributed by atoms with Crippen LogP contribution in [0, 0.1) is 0 Å². The van der Waals surface area contributed by atoms with E-state index in [1.54, 1.807) is 6.20 Å². The molecule has 0 aliphatic heterocycles. The van der Waals surface area contributed by atoms with E-state index < -0.39 is 0 Å². The monoisotopic (exact) mass is 393 g/mol. The summed E-state index contributed by atoms with van der Waals surface area (Å²) in [5.74, 6) is 1.34. The maximum Gasteiger partial charge on any atom is 0.148 e. The lowest BCUT2D eigenvalue weighted by Gasteiger charge is -2.25. The fourth-order valence-electron chi connectivity index (χ4n) is 4.43. The second kappa shape index (κ2) is 8.35. The van der Waals surface area contributed by atoms with Gasteiger partial charge in [-0.05, 0) is 41.6 Å². The fourth-order valence-corrected chi connectivity index (χ4v) is 4.43. The smallest absolute Gasteiger partial charge is 0.148 e. The van der Waals surface area contributed by atoms with Crippen LogP contribution >= 0.6 is 0 Å². The number of hydrogen-bond acceptors (Lipinski definition) is 3. The minimum absolute atomic E-state index is 0.479. The van der Waals surface area contributed by atoms with Crippen LogP contribution in [0.2, 0.25) is 0 Å². The van der Waals surface area contributed by atoms with Gasteiger partial charge in [0.05, 0.1) is 5.69 Å². The van der Waals surface area contributed by atoms with Gasteiger partial charge in [-0.1, -0.05) is 61.7 Å². The summed E-state index contributed by atoms with van der Waals surface area (Å²) in [5.41, 5.74) is 6.03. The quantitative estimate of drug-likeness (QED) is 0.457. The van der Waals surface area contributed by atoms with Crippen LogP contribution in [0.1, 0.15) is 49.3 Å². The highest BCUT2D eigenvalue weighted by Gasteiger charge is 2.23. The molecule has 2 aromatic carbocycles. The minimum atomic E-state index is 0.479. The summed E-state index contributed by atoms with van der Waals surface area (Å²) in [6.07, 6.45) is 9.87. The number of hydrogen-bond donors (Lipinski definition) is 0. The van der Waals surface area contributed by atoms with Crippen LogP contribution in [-0.2, 0) is 6.61 Å². The van der Waals surface area contributed by atoms with Crippen molar-refractivity contribution < 1.29 is 4.74 Å². The maximum absolute atomic E-state index is 6.10. The Balaban J connectivity index is 1.46. The third-order valence-electron chi connectivity index (χ3n) is 6.00. The van der Waals surface area contributed by atoms with Gasteiger partial charge in [0.25, 0.3) is 0 Å². The van der Waals surface area contributed by atoms with E-state index in [0.29, 0.717) is 18.0 Å². The number of rotatable bonds is 5. The molecule has 0 N–H and O–H groups in total. The van der Waals surface area contributed by atoms with E-state index in [1.807, 2.05) is 41.0 Å². The summed E-state index contributed by atoms with van der Waals surface area (Å²) in [6.45, 7) is 0.563. The van der Waals surface area contributed by atoms with Crippen LogP contribution in [0.3, 0.4) is 0 Å². The average molecular weight is 393 g/mol.